The second kappa shape index (κ2) is 1.29. The van der Waals surface area contributed by atoms with Gasteiger partial charge < -0.3 is 0 Å². The molecule has 0 aromatic heterocycles. The van der Waals surface area contributed by atoms with Crippen molar-refractivity contribution in [2.75, 3.05) is 0 Å². The lowest BCUT2D eigenvalue weighted by Gasteiger charge is -2.09. The molecule has 0 spiro atoms. The van der Waals surface area contributed by atoms with Gasteiger partial charge in [-0.3, -0.25) is 4.57 Å². The van der Waals surface area contributed by atoms with E-state index < -0.39 is 18.7 Å². The van der Waals surface area contributed by atoms with Crippen LogP contribution < -0.4 is 0 Å². The first-order valence-corrected chi connectivity index (χ1v) is 3.84. The van der Waals surface area contributed by atoms with Gasteiger partial charge in [-0.2, -0.15) is 16.4 Å². The van der Waals surface area contributed by atoms with E-state index in [4.69, 9.17) is 0 Å². The van der Waals surface area contributed by atoms with Gasteiger partial charge in [-0.1, -0.05) is 0 Å². The molecule has 1 aliphatic rings. The van der Waals surface area contributed by atoms with Gasteiger partial charge in [-0.25, -0.2) is 0 Å². The van der Waals surface area contributed by atoms with Crippen LogP contribution in [0.15, 0.2) is 0 Å². The molecule has 42 valence electrons. The van der Waals surface area contributed by atoms with E-state index in [2.05, 4.69) is 7.94 Å². The van der Waals surface area contributed by atoms with Crippen molar-refractivity contribution in [1.82, 2.24) is 0 Å². The van der Waals surface area contributed by atoms with E-state index in [0.717, 1.165) is 0 Å². The summed E-state index contributed by atoms with van der Waals surface area (Å²) < 4.78 is 36.3. The lowest BCUT2D eigenvalue weighted by molar-refractivity contribution is 0.307. The number of rotatable bonds is 0. The van der Waals surface area contributed by atoms with Crippen LogP contribution in [0.3, 0.4) is 0 Å². The summed E-state index contributed by atoms with van der Waals surface area (Å²) in [4.78, 5) is 0. The highest BCUT2D eigenvalue weighted by Crippen LogP contribution is 2.40. The van der Waals surface area contributed by atoms with E-state index in [1.54, 1.807) is 0 Å². The molecular weight excluding hydrogens is 143 g/mol. The molecule has 1 heterocycles. The second-order valence-electron chi connectivity index (χ2n) is 0.825. The molecule has 0 aliphatic carbocycles. The van der Waals surface area contributed by atoms with E-state index in [1.807, 2.05) is 0 Å². The van der Waals surface area contributed by atoms with Gasteiger partial charge in [-0.05, 0) is 0 Å². The Labute approximate surface area is 40.5 Å². The summed E-state index contributed by atoms with van der Waals surface area (Å²) in [5.41, 5.74) is 0. The topological polar surface area (TPSA) is 69.7 Å². The Morgan fingerprint density at radius 3 is 1.71 bits per heavy atom. The van der Waals surface area contributed by atoms with Crippen LogP contribution in [0.2, 0.25) is 0 Å². The molecule has 0 atom stereocenters. The Morgan fingerprint density at radius 1 is 1.29 bits per heavy atom. The van der Waals surface area contributed by atoms with Gasteiger partial charge in [0.25, 0.3) is 0 Å². The van der Waals surface area contributed by atoms with Crippen LogP contribution in [0.25, 0.3) is 0 Å². The molecular formula is HO5PS. The average Bonchev–Trinajstić information content (AvgIpc) is 1.27. The fourth-order valence-corrected chi connectivity index (χ4v) is 1.56. The normalized spacial score (nSPS) is 29.1. The summed E-state index contributed by atoms with van der Waals surface area (Å²) in [5.74, 6) is 0. The summed E-state index contributed by atoms with van der Waals surface area (Å²) in [6.07, 6.45) is 0. The van der Waals surface area contributed by atoms with Crippen LogP contribution in [0.4, 0.5) is 0 Å². The molecule has 1 aliphatic heterocycles. The predicted octanol–water partition coefficient (Wildman–Crippen LogP) is -0.332. The molecule has 0 aromatic carbocycles. The quantitative estimate of drug-likeness (QED) is 0.435. The summed E-state index contributed by atoms with van der Waals surface area (Å²) in [6, 6.07) is 0. The van der Waals surface area contributed by atoms with Crippen LogP contribution >= 0.6 is 8.25 Å². The van der Waals surface area contributed by atoms with Crippen LogP contribution in [-0.2, 0) is 22.9 Å². The molecule has 0 N–H and O–H groups in total. The SMILES string of the molecule is O=[PH]1OS(=O)(=O)O1. The highest BCUT2D eigenvalue weighted by atomic mass is 32.3. The Hall–Kier alpha value is 0.1000. The number of hydrogen-bond donors (Lipinski definition) is 0. The van der Waals surface area contributed by atoms with E-state index in [0.29, 0.717) is 0 Å². The first-order chi connectivity index (χ1) is 3.10. The zero-order valence-corrected chi connectivity index (χ0v) is 4.77. The van der Waals surface area contributed by atoms with Crippen molar-refractivity contribution in [3.63, 3.8) is 0 Å². The summed E-state index contributed by atoms with van der Waals surface area (Å²) in [7, 11) is -6.44. The van der Waals surface area contributed by atoms with Crippen molar-refractivity contribution < 1.29 is 20.9 Å². The van der Waals surface area contributed by atoms with Crippen molar-refractivity contribution in [2.45, 2.75) is 0 Å². The maximum Gasteiger partial charge on any atom is 0.414 e. The Morgan fingerprint density at radius 2 is 1.71 bits per heavy atom. The van der Waals surface area contributed by atoms with Gasteiger partial charge in [0.05, 0.1) is 0 Å². The third-order valence-electron chi connectivity index (χ3n) is 0.340. The molecule has 1 rings (SSSR count). The third kappa shape index (κ3) is 1.01. The maximum atomic E-state index is 9.68. The minimum atomic E-state index is -3.80. The summed E-state index contributed by atoms with van der Waals surface area (Å²) >= 11 is 0. The highest BCUT2D eigenvalue weighted by molar-refractivity contribution is 7.93. The van der Waals surface area contributed by atoms with E-state index >= 15 is 0 Å². The van der Waals surface area contributed by atoms with E-state index in [9.17, 15) is 13.0 Å². The molecule has 1 fully saturated rings. The Balaban J connectivity index is 2.79. The minimum Gasteiger partial charge on any atom is -0.261 e. The molecule has 0 amide bonds. The van der Waals surface area contributed by atoms with Crippen molar-refractivity contribution >= 4 is 18.7 Å². The molecule has 7 heavy (non-hydrogen) atoms. The average molecular weight is 144 g/mol. The minimum absolute atomic E-state index is 2.64. The molecule has 0 radical (unpaired) electrons. The van der Waals surface area contributed by atoms with E-state index in [-0.39, 0.29) is 0 Å². The Bertz CT molecular complexity index is 172. The van der Waals surface area contributed by atoms with Gasteiger partial charge in [-0.15, -0.1) is 0 Å². The van der Waals surface area contributed by atoms with Crippen molar-refractivity contribution in [1.29, 1.82) is 0 Å². The first kappa shape index (κ1) is 5.24. The van der Waals surface area contributed by atoms with Gasteiger partial charge in [0.1, 0.15) is 0 Å². The lowest BCUT2D eigenvalue weighted by atomic mass is 15.7. The molecule has 0 saturated carbocycles. The van der Waals surface area contributed by atoms with Gasteiger partial charge in [0.15, 0.2) is 0 Å². The standard InChI is InChI=1S/HO5PS/c1-6-4-7(2,3)5-6/h6H. The first-order valence-electron chi connectivity index (χ1n) is 1.28. The van der Waals surface area contributed by atoms with Gasteiger partial charge >= 0.3 is 18.7 Å². The molecule has 0 aromatic rings. The van der Waals surface area contributed by atoms with Gasteiger partial charge in [0, 0.05) is 0 Å². The fourth-order valence-electron chi connectivity index (χ4n) is 0.173. The third-order valence-corrected chi connectivity index (χ3v) is 3.06. The largest absolute Gasteiger partial charge is 0.414 e. The molecule has 0 unspecified atom stereocenters. The van der Waals surface area contributed by atoms with Crippen LogP contribution in [0, 0.1) is 0 Å². The lowest BCUT2D eigenvalue weighted by Crippen LogP contribution is -2.10. The summed E-state index contributed by atoms with van der Waals surface area (Å²) in [5, 5.41) is 0. The molecule has 1 saturated heterocycles. The smallest absolute Gasteiger partial charge is 0.261 e. The second-order valence-corrected chi connectivity index (χ2v) is 3.47. The van der Waals surface area contributed by atoms with Crippen LogP contribution in [0.5, 0.6) is 0 Å². The van der Waals surface area contributed by atoms with E-state index in [1.165, 1.54) is 0 Å². The fraction of sp³-hybridized carbons (Fsp3) is 0. The highest BCUT2D eigenvalue weighted by Gasteiger charge is 2.31. The zero-order chi connectivity index (χ0) is 5.49. The molecule has 5 nitrogen and oxygen atoms in total. The van der Waals surface area contributed by atoms with Crippen LogP contribution in [-0.4, -0.2) is 8.42 Å². The van der Waals surface area contributed by atoms with Crippen molar-refractivity contribution in [2.24, 2.45) is 0 Å². The summed E-state index contributed by atoms with van der Waals surface area (Å²) in [6.45, 7) is 0. The maximum absolute atomic E-state index is 9.68. The Kier molecular flexibility index (Phi) is 0.964. The van der Waals surface area contributed by atoms with Crippen molar-refractivity contribution in [3.8, 4) is 0 Å². The predicted molar refractivity (Wildman–Crippen MR) is 20.1 cm³/mol. The van der Waals surface area contributed by atoms with Crippen LogP contribution in [0.1, 0.15) is 0 Å². The van der Waals surface area contributed by atoms with Gasteiger partial charge in [0.2, 0.25) is 0 Å². The molecule has 7 heteroatoms. The zero-order valence-electron chi connectivity index (χ0n) is 2.95. The van der Waals surface area contributed by atoms with Crippen molar-refractivity contribution in [3.05, 3.63) is 0 Å². The monoisotopic (exact) mass is 144 g/mol. The molecule has 0 bridgehead atoms. The number of hydrogen-bond acceptors (Lipinski definition) is 5.